The number of hydrogen-bond donors (Lipinski definition) is 2. The number of rotatable bonds is 8. The van der Waals surface area contributed by atoms with Crippen molar-refractivity contribution in [3.8, 4) is 5.75 Å². The smallest absolute Gasteiger partial charge is 0.340 e. The first-order chi connectivity index (χ1) is 13.9. The Bertz CT molecular complexity index is 934. The molecule has 0 saturated carbocycles. The van der Waals surface area contributed by atoms with Gasteiger partial charge < -0.3 is 20.5 Å². The van der Waals surface area contributed by atoms with E-state index in [1.807, 2.05) is 43.3 Å². The third-order valence-electron chi connectivity index (χ3n) is 4.34. The van der Waals surface area contributed by atoms with E-state index in [-0.39, 0.29) is 11.3 Å². The molecular weight excluding hydrogens is 368 g/mol. The van der Waals surface area contributed by atoms with Crippen LogP contribution in [0.15, 0.2) is 48.6 Å². The molecule has 0 heterocycles. The normalized spacial score (nSPS) is 10.6. The Morgan fingerprint density at radius 2 is 1.86 bits per heavy atom. The van der Waals surface area contributed by atoms with Gasteiger partial charge in [0.25, 0.3) is 0 Å². The highest BCUT2D eigenvalue weighted by Gasteiger charge is 2.24. The monoisotopic (exact) mass is 394 g/mol. The summed E-state index contributed by atoms with van der Waals surface area (Å²) in [6.07, 6.45) is 4.81. The number of benzene rings is 2. The van der Waals surface area contributed by atoms with Gasteiger partial charge in [0.1, 0.15) is 5.75 Å². The zero-order valence-corrected chi connectivity index (χ0v) is 17.0. The summed E-state index contributed by atoms with van der Waals surface area (Å²) < 4.78 is 10.5. The van der Waals surface area contributed by atoms with Gasteiger partial charge in [-0.3, -0.25) is 0 Å². The lowest BCUT2D eigenvalue weighted by Crippen LogP contribution is -2.23. The number of methoxy groups -OCH3 is 2. The summed E-state index contributed by atoms with van der Waals surface area (Å²) in [6.45, 7) is 5.82. The van der Waals surface area contributed by atoms with Gasteiger partial charge in [-0.05, 0) is 37.0 Å². The molecule has 0 atom stereocenters. The SMILES string of the molecule is C=C(C)CCc1c(OC)cc(C=Cc2ccccc2)c(C(=O)OC)c1NC(N)=O. The van der Waals surface area contributed by atoms with Crippen LogP contribution in [0.2, 0.25) is 0 Å². The molecule has 0 aliphatic carbocycles. The lowest BCUT2D eigenvalue weighted by Gasteiger charge is -2.19. The number of nitrogens with one attached hydrogen (secondary N) is 1. The molecule has 0 bridgehead atoms. The molecule has 29 heavy (non-hydrogen) atoms. The summed E-state index contributed by atoms with van der Waals surface area (Å²) in [5.74, 6) is -0.0453. The van der Waals surface area contributed by atoms with Crippen LogP contribution < -0.4 is 15.8 Å². The van der Waals surface area contributed by atoms with Crippen LogP contribution in [0.25, 0.3) is 12.2 Å². The maximum absolute atomic E-state index is 12.6. The van der Waals surface area contributed by atoms with Crippen molar-refractivity contribution in [3.63, 3.8) is 0 Å². The summed E-state index contributed by atoms with van der Waals surface area (Å²) in [6, 6.07) is 10.6. The number of nitrogens with two attached hydrogens (primary N) is 1. The molecule has 3 N–H and O–H groups in total. The van der Waals surface area contributed by atoms with Crippen molar-refractivity contribution >= 4 is 29.8 Å². The van der Waals surface area contributed by atoms with Crippen molar-refractivity contribution in [2.24, 2.45) is 5.73 Å². The van der Waals surface area contributed by atoms with Gasteiger partial charge in [0.2, 0.25) is 0 Å². The van der Waals surface area contributed by atoms with Crippen molar-refractivity contribution in [2.45, 2.75) is 19.8 Å². The first-order valence-electron chi connectivity index (χ1n) is 9.13. The molecule has 0 unspecified atom stereocenters. The predicted molar refractivity (Wildman–Crippen MR) is 116 cm³/mol. The van der Waals surface area contributed by atoms with Crippen LogP contribution in [0.3, 0.4) is 0 Å². The fraction of sp³-hybridized carbons (Fsp3) is 0.217. The Morgan fingerprint density at radius 3 is 2.41 bits per heavy atom. The van der Waals surface area contributed by atoms with Crippen molar-refractivity contribution in [3.05, 3.63) is 70.8 Å². The second kappa shape index (κ2) is 10.1. The first-order valence-corrected chi connectivity index (χ1v) is 9.13. The zero-order chi connectivity index (χ0) is 21.4. The molecule has 6 nitrogen and oxygen atoms in total. The number of hydrogen-bond acceptors (Lipinski definition) is 4. The number of anilines is 1. The molecule has 2 amide bonds. The van der Waals surface area contributed by atoms with E-state index in [0.717, 1.165) is 11.1 Å². The van der Waals surface area contributed by atoms with Crippen molar-refractivity contribution in [1.82, 2.24) is 0 Å². The van der Waals surface area contributed by atoms with Gasteiger partial charge in [-0.15, -0.1) is 6.58 Å². The number of primary amides is 1. The molecule has 0 radical (unpaired) electrons. The second-order valence-electron chi connectivity index (χ2n) is 6.58. The molecule has 0 fully saturated rings. The summed E-state index contributed by atoms with van der Waals surface area (Å²) >= 11 is 0. The van der Waals surface area contributed by atoms with E-state index in [9.17, 15) is 9.59 Å². The predicted octanol–water partition coefficient (Wildman–Crippen LogP) is 4.65. The number of ether oxygens (including phenoxy) is 2. The summed E-state index contributed by atoms with van der Waals surface area (Å²) in [5.41, 5.74) is 9.02. The Balaban J connectivity index is 2.71. The average Bonchev–Trinajstić information content (AvgIpc) is 2.70. The van der Waals surface area contributed by atoms with Crippen molar-refractivity contribution < 1.29 is 19.1 Å². The number of amides is 2. The van der Waals surface area contributed by atoms with Gasteiger partial charge in [-0.1, -0.05) is 48.1 Å². The minimum Gasteiger partial charge on any atom is -0.496 e. The Hall–Kier alpha value is -3.54. The lowest BCUT2D eigenvalue weighted by molar-refractivity contribution is 0.0601. The summed E-state index contributed by atoms with van der Waals surface area (Å²) in [7, 11) is 2.83. The molecular formula is C23H26N2O4. The molecule has 2 rings (SSSR count). The third-order valence-corrected chi connectivity index (χ3v) is 4.34. The Kier molecular flexibility index (Phi) is 7.60. The topological polar surface area (TPSA) is 90.7 Å². The number of allylic oxidation sites excluding steroid dienone is 1. The molecule has 0 aliphatic heterocycles. The van der Waals surface area contributed by atoms with Gasteiger partial charge in [0.05, 0.1) is 25.5 Å². The van der Waals surface area contributed by atoms with Crippen molar-refractivity contribution in [2.75, 3.05) is 19.5 Å². The van der Waals surface area contributed by atoms with Crippen LogP contribution in [0.4, 0.5) is 10.5 Å². The highest BCUT2D eigenvalue weighted by molar-refractivity contribution is 6.05. The van der Waals surface area contributed by atoms with Gasteiger partial charge in [-0.25, -0.2) is 9.59 Å². The lowest BCUT2D eigenvalue weighted by atomic mass is 9.94. The van der Waals surface area contributed by atoms with Crippen LogP contribution in [0, 0.1) is 0 Å². The summed E-state index contributed by atoms with van der Waals surface area (Å²) in [4.78, 5) is 24.3. The molecule has 2 aromatic carbocycles. The molecule has 2 aromatic rings. The standard InChI is InChI=1S/C23H26N2O4/c1-15(2)10-13-18-19(28-3)14-17(12-11-16-8-6-5-7-9-16)20(22(26)29-4)21(18)25-23(24)27/h5-9,11-12,14H,1,10,13H2,2-4H3,(H3,24,25,27). The van der Waals surface area contributed by atoms with E-state index in [1.54, 1.807) is 12.1 Å². The maximum Gasteiger partial charge on any atom is 0.340 e. The van der Waals surface area contributed by atoms with E-state index in [0.29, 0.717) is 29.7 Å². The highest BCUT2D eigenvalue weighted by Crippen LogP contribution is 2.36. The van der Waals surface area contributed by atoms with Crippen LogP contribution in [-0.2, 0) is 11.2 Å². The Morgan fingerprint density at radius 1 is 1.17 bits per heavy atom. The molecule has 152 valence electrons. The fourth-order valence-electron chi connectivity index (χ4n) is 2.95. The molecule has 0 spiro atoms. The van der Waals surface area contributed by atoms with Crippen molar-refractivity contribution in [1.29, 1.82) is 0 Å². The molecule has 0 aromatic heterocycles. The van der Waals surface area contributed by atoms with E-state index in [2.05, 4.69) is 11.9 Å². The highest BCUT2D eigenvalue weighted by atomic mass is 16.5. The van der Waals surface area contributed by atoms with E-state index in [4.69, 9.17) is 15.2 Å². The van der Waals surface area contributed by atoms with Crippen LogP contribution in [0.5, 0.6) is 5.75 Å². The minimum atomic E-state index is -0.780. The van der Waals surface area contributed by atoms with Gasteiger partial charge in [-0.2, -0.15) is 0 Å². The minimum absolute atomic E-state index is 0.219. The van der Waals surface area contributed by atoms with Gasteiger partial charge in [0, 0.05) is 5.56 Å². The number of urea groups is 1. The van der Waals surface area contributed by atoms with Crippen LogP contribution in [-0.4, -0.2) is 26.2 Å². The van der Waals surface area contributed by atoms with E-state index >= 15 is 0 Å². The van der Waals surface area contributed by atoms with E-state index in [1.165, 1.54) is 14.2 Å². The van der Waals surface area contributed by atoms with Crippen LogP contribution in [0.1, 0.15) is 40.4 Å². The summed E-state index contributed by atoms with van der Waals surface area (Å²) in [5, 5.41) is 2.59. The largest absolute Gasteiger partial charge is 0.496 e. The zero-order valence-electron chi connectivity index (χ0n) is 17.0. The number of esters is 1. The third kappa shape index (κ3) is 5.72. The Labute approximate surface area is 171 Å². The second-order valence-corrected chi connectivity index (χ2v) is 6.58. The fourth-order valence-corrected chi connectivity index (χ4v) is 2.95. The molecule has 0 saturated heterocycles. The van der Waals surface area contributed by atoms with Gasteiger partial charge >= 0.3 is 12.0 Å². The number of carbonyl (C=O) groups is 2. The van der Waals surface area contributed by atoms with E-state index < -0.39 is 12.0 Å². The quantitative estimate of drug-likeness (QED) is 0.387. The number of carbonyl (C=O) groups excluding carboxylic acids is 2. The molecule has 6 heteroatoms. The first kappa shape index (κ1) is 21.8. The van der Waals surface area contributed by atoms with Gasteiger partial charge in [0.15, 0.2) is 0 Å². The average molecular weight is 394 g/mol. The molecule has 0 aliphatic rings. The maximum atomic E-state index is 12.6. The van der Waals surface area contributed by atoms with Crippen LogP contribution >= 0.6 is 0 Å².